The Morgan fingerprint density at radius 1 is 1.15 bits per heavy atom. The summed E-state index contributed by atoms with van der Waals surface area (Å²) in [5.74, 6) is -0.119. The van der Waals surface area contributed by atoms with Gasteiger partial charge in [0, 0.05) is 24.3 Å². The van der Waals surface area contributed by atoms with E-state index in [1.165, 1.54) is 6.92 Å². The van der Waals surface area contributed by atoms with E-state index >= 15 is 0 Å². The molecule has 0 saturated heterocycles. The first kappa shape index (κ1) is 16.0. The van der Waals surface area contributed by atoms with E-state index in [1.54, 1.807) is 12.1 Å². The van der Waals surface area contributed by atoms with E-state index in [1.807, 2.05) is 19.1 Å². The molecule has 0 aromatic heterocycles. The van der Waals surface area contributed by atoms with Crippen molar-refractivity contribution in [1.82, 2.24) is 5.32 Å². The van der Waals surface area contributed by atoms with E-state index in [-0.39, 0.29) is 24.4 Å². The fourth-order valence-electron chi connectivity index (χ4n) is 1.89. The van der Waals surface area contributed by atoms with Gasteiger partial charge in [-0.2, -0.15) is 0 Å². The monoisotopic (exact) mass is 277 g/mol. The molecule has 0 fully saturated rings. The van der Waals surface area contributed by atoms with Crippen LogP contribution in [0.15, 0.2) is 24.3 Å². The first-order valence-corrected chi connectivity index (χ1v) is 6.92. The number of anilines is 2. The second-order valence-corrected chi connectivity index (χ2v) is 4.87. The van der Waals surface area contributed by atoms with Crippen molar-refractivity contribution in [2.75, 3.05) is 17.2 Å². The average Bonchev–Trinajstić information content (AvgIpc) is 2.37. The highest BCUT2D eigenvalue weighted by Gasteiger charge is 2.06. The molecule has 1 unspecified atom stereocenters. The summed E-state index contributed by atoms with van der Waals surface area (Å²) >= 11 is 0. The maximum Gasteiger partial charge on any atom is 0.239 e. The van der Waals surface area contributed by atoms with Crippen molar-refractivity contribution < 1.29 is 9.59 Å². The zero-order chi connectivity index (χ0) is 15.0. The molecule has 0 aliphatic rings. The van der Waals surface area contributed by atoms with Gasteiger partial charge in [0.05, 0.1) is 6.54 Å². The SMILES string of the molecule is CCCC(C)NC(=O)CNc1ccc(NC(C)=O)cc1. The van der Waals surface area contributed by atoms with Gasteiger partial charge in [-0.05, 0) is 37.6 Å². The van der Waals surface area contributed by atoms with Crippen LogP contribution in [-0.2, 0) is 9.59 Å². The molecule has 5 heteroatoms. The molecule has 0 heterocycles. The second-order valence-electron chi connectivity index (χ2n) is 4.87. The molecule has 0 radical (unpaired) electrons. The largest absolute Gasteiger partial charge is 0.376 e. The Bertz CT molecular complexity index is 443. The van der Waals surface area contributed by atoms with Crippen molar-refractivity contribution >= 4 is 23.2 Å². The molecule has 20 heavy (non-hydrogen) atoms. The summed E-state index contributed by atoms with van der Waals surface area (Å²) in [4.78, 5) is 22.6. The van der Waals surface area contributed by atoms with Crippen molar-refractivity contribution in [3.8, 4) is 0 Å². The molecule has 110 valence electrons. The van der Waals surface area contributed by atoms with Gasteiger partial charge >= 0.3 is 0 Å². The highest BCUT2D eigenvalue weighted by Crippen LogP contribution is 2.13. The number of amides is 2. The van der Waals surface area contributed by atoms with Gasteiger partial charge in [-0.25, -0.2) is 0 Å². The number of hydrogen-bond acceptors (Lipinski definition) is 3. The van der Waals surface area contributed by atoms with E-state index in [0.717, 1.165) is 24.2 Å². The lowest BCUT2D eigenvalue weighted by atomic mass is 10.2. The predicted octanol–water partition coefficient (Wildman–Crippen LogP) is 2.36. The van der Waals surface area contributed by atoms with E-state index in [4.69, 9.17) is 0 Å². The van der Waals surface area contributed by atoms with Crippen molar-refractivity contribution in [2.24, 2.45) is 0 Å². The summed E-state index contributed by atoms with van der Waals surface area (Å²) in [6.07, 6.45) is 2.04. The molecular weight excluding hydrogens is 254 g/mol. The third-order valence-corrected chi connectivity index (χ3v) is 2.79. The van der Waals surface area contributed by atoms with Gasteiger partial charge < -0.3 is 16.0 Å². The van der Waals surface area contributed by atoms with Crippen molar-refractivity contribution in [2.45, 2.75) is 39.7 Å². The minimum atomic E-state index is -0.102. The Hall–Kier alpha value is -2.04. The number of hydrogen-bond donors (Lipinski definition) is 3. The van der Waals surface area contributed by atoms with Crippen LogP contribution < -0.4 is 16.0 Å². The molecule has 2 amide bonds. The minimum Gasteiger partial charge on any atom is -0.376 e. The zero-order valence-electron chi connectivity index (χ0n) is 12.3. The first-order chi connectivity index (χ1) is 9.51. The molecule has 3 N–H and O–H groups in total. The number of benzene rings is 1. The molecule has 1 aromatic rings. The fraction of sp³-hybridized carbons (Fsp3) is 0.467. The Morgan fingerprint density at radius 2 is 1.75 bits per heavy atom. The predicted molar refractivity (Wildman–Crippen MR) is 81.7 cm³/mol. The van der Waals surface area contributed by atoms with Crippen LogP contribution in [0.4, 0.5) is 11.4 Å². The minimum absolute atomic E-state index is 0.0168. The van der Waals surface area contributed by atoms with Gasteiger partial charge in [-0.15, -0.1) is 0 Å². The fourth-order valence-corrected chi connectivity index (χ4v) is 1.89. The van der Waals surface area contributed by atoms with Gasteiger partial charge in [0.15, 0.2) is 0 Å². The zero-order valence-corrected chi connectivity index (χ0v) is 12.3. The highest BCUT2D eigenvalue weighted by atomic mass is 16.2. The molecular formula is C15H23N3O2. The standard InChI is InChI=1S/C15H23N3O2/c1-4-5-11(2)17-15(20)10-16-13-6-8-14(9-7-13)18-12(3)19/h6-9,11,16H,4-5,10H2,1-3H3,(H,17,20)(H,18,19). The second kappa shape index (κ2) is 8.19. The van der Waals surface area contributed by atoms with Crippen LogP contribution >= 0.6 is 0 Å². The summed E-state index contributed by atoms with van der Waals surface area (Å²) in [7, 11) is 0. The summed E-state index contributed by atoms with van der Waals surface area (Å²) < 4.78 is 0. The molecule has 0 spiro atoms. The molecule has 1 rings (SSSR count). The Kier molecular flexibility index (Phi) is 6.56. The van der Waals surface area contributed by atoms with Crippen molar-refractivity contribution in [3.05, 3.63) is 24.3 Å². The maximum atomic E-state index is 11.7. The van der Waals surface area contributed by atoms with Crippen LogP contribution in [0.3, 0.4) is 0 Å². The molecule has 0 bridgehead atoms. The van der Waals surface area contributed by atoms with E-state index < -0.39 is 0 Å². The Labute approximate surface area is 120 Å². The molecule has 0 saturated carbocycles. The summed E-state index contributed by atoms with van der Waals surface area (Å²) in [5, 5.41) is 8.67. The summed E-state index contributed by atoms with van der Waals surface area (Å²) in [6, 6.07) is 7.45. The van der Waals surface area contributed by atoms with Crippen molar-refractivity contribution in [1.29, 1.82) is 0 Å². The lowest BCUT2D eigenvalue weighted by molar-refractivity contribution is -0.120. The van der Waals surface area contributed by atoms with Crippen LogP contribution in [0, 0.1) is 0 Å². The van der Waals surface area contributed by atoms with Crippen LogP contribution in [0.1, 0.15) is 33.6 Å². The number of rotatable bonds is 7. The van der Waals surface area contributed by atoms with Crippen LogP contribution in [0.5, 0.6) is 0 Å². The van der Waals surface area contributed by atoms with E-state index in [9.17, 15) is 9.59 Å². The van der Waals surface area contributed by atoms with Gasteiger partial charge in [0.2, 0.25) is 11.8 Å². The molecule has 1 aromatic carbocycles. The number of carbonyl (C=O) groups is 2. The quantitative estimate of drug-likeness (QED) is 0.716. The van der Waals surface area contributed by atoms with Gasteiger partial charge in [-0.1, -0.05) is 13.3 Å². The Balaban J connectivity index is 2.38. The van der Waals surface area contributed by atoms with E-state index in [2.05, 4.69) is 22.9 Å². The van der Waals surface area contributed by atoms with Gasteiger partial charge in [-0.3, -0.25) is 9.59 Å². The lowest BCUT2D eigenvalue weighted by Crippen LogP contribution is -2.36. The third kappa shape index (κ3) is 6.22. The van der Waals surface area contributed by atoms with Gasteiger partial charge in [0.1, 0.15) is 0 Å². The number of nitrogens with one attached hydrogen (secondary N) is 3. The van der Waals surface area contributed by atoms with E-state index in [0.29, 0.717) is 0 Å². The van der Waals surface area contributed by atoms with Gasteiger partial charge in [0.25, 0.3) is 0 Å². The lowest BCUT2D eigenvalue weighted by Gasteiger charge is -2.13. The molecule has 5 nitrogen and oxygen atoms in total. The normalized spacial score (nSPS) is 11.6. The highest BCUT2D eigenvalue weighted by molar-refractivity contribution is 5.88. The van der Waals surface area contributed by atoms with Crippen LogP contribution in [0.25, 0.3) is 0 Å². The maximum absolute atomic E-state index is 11.7. The topological polar surface area (TPSA) is 70.2 Å². The van der Waals surface area contributed by atoms with Crippen LogP contribution in [0.2, 0.25) is 0 Å². The molecule has 1 atom stereocenters. The number of carbonyl (C=O) groups excluding carboxylic acids is 2. The summed E-state index contributed by atoms with van der Waals surface area (Å²) in [6.45, 7) is 5.81. The first-order valence-electron chi connectivity index (χ1n) is 6.92. The smallest absolute Gasteiger partial charge is 0.239 e. The summed E-state index contributed by atoms with van der Waals surface area (Å²) in [5.41, 5.74) is 1.58. The Morgan fingerprint density at radius 3 is 2.30 bits per heavy atom. The van der Waals surface area contributed by atoms with Crippen molar-refractivity contribution in [3.63, 3.8) is 0 Å². The average molecular weight is 277 g/mol. The molecule has 0 aliphatic carbocycles. The van der Waals surface area contributed by atoms with Crippen LogP contribution in [-0.4, -0.2) is 24.4 Å². The third-order valence-electron chi connectivity index (χ3n) is 2.79. The molecule has 0 aliphatic heterocycles.